The minimum atomic E-state index is -3.48. The second kappa shape index (κ2) is 8.99. The monoisotopic (exact) mass is 394 g/mol. The van der Waals surface area contributed by atoms with Crippen LogP contribution in [0.5, 0.6) is 0 Å². The average molecular weight is 395 g/mol. The number of aliphatic hydroxyl groups excluding tert-OH is 1. The van der Waals surface area contributed by atoms with E-state index in [1.807, 2.05) is 43.3 Å². The fraction of sp³-hybridized carbons (Fsp3) is 0.550. The standard InChI is InChI=1S/C20H30N2O4S/c1-5-8-15-9-11-16(12-10-15)20-17(13-21(4)19(24)6-2)22(18(20)14-23)27(25,26)7-3/h5,8-12,17-18,20,23H,6-7,13-14H2,1-4H3/b8-5+/t17-,18+,20+/m0/s1. The lowest BCUT2D eigenvalue weighted by atomic mass is 9.77. The van der Waals surface area contributed by atoms with E-state index in [4.69, 9.17) is 0 Å². The van der Waals surface area contributed by atoms with Gasteiger partial charge in [-0.3, -0.25) is 4.79 Å². The maximum absolute atomic E-state index is 12.6. The third-order valence-electron chi connectivity index (χ3n) is 5.23. The van der Waals surface area contributed by atoms with E-state index >= 15 is 0 Å². The first kappa shape index (κ1) is 21.6. The van der Waals surface area contributed by atoms with Gasteiger partial charge < -0.3 is 10.0 Å². The van der Waals surface area contributed by atoms with Crippen molar-refractivity contribution in [3.63, 3.8) is 0 Å². The van der Waals surface area contributed by atoms with Gasteiger partial charge in [0, 0.05) is 25.9 Å². The van der Waals surface area contributed by atoms with Crippen molar-refractivity contribution in [2.75, 3.05) is 26.0 Å². The lowest BCUT2D eigenvalue weighted by Crippen LogP contribution is -2.68. The van der Waals surface area contributed by atoms with Gasteiger partial charge in [-0.05, 0) is 25.0 Å². The number of carbonyl (C=O) groups excluding carboxylic acids is 1. The normalized spacial score (nSPS) is 23.4. The Balaban J connectivity index is 2.37. The van der Waals surface area contributed by atoms with E-state index in [0.717, 1.165) is 11.1 Å². The summed E-state index contributed by atoms with van der Waals surface area (Å²) in [5.41, 5.74) is 2.04. The van der Waals surface area contributed by atoms with E-state index in [2.05, 4.69) is 0 Å². The molecule has 3 atom stereocenters. The zero-order valence-corrected chi connectivity index (χ0v) is 17.3. The highest BCUT2D eigenvalue weighted by atomic mass is 32.2. The largest absolute Gasteiger partial charge is 0.395 e. The molecule has 1 aliphatic heterocycles. The van der Waals surface area contributed by atoms with Gasteiger partial charge in [-0.1, -0.05) is 43.3 Å². The van der Waals surface area contributed by atoms with Crippen molar-refractivity contribution in [2.45, 2.75) is 45.2 Å². The quantitative estimate of drug-likeness (QED) is 0.732. The SMILES string of the molecule is C/C=C/c1ccc([C@H]2[C@@H](CO)N(S(=O)(=O)CC)[C@H]2CN(C)C(=O)CC)cc1. The Kier molecular flexibility index (Phi) is 7.19. The van der Waals surface area contributed by atoms with Gasteiger partial charge in [-0.2, -0.15) is 4.31 Å². The van der Waals surface area contributed by atoms with Crippen molar-refractivity contribution in [3.05, 3.63) is 41.5 Å². The van der Waals surface area contributed by atoms with Gasteiger partial charge in [-0.15, -0.1) is 0 Å². The average Bonchev–Trinajstić information content (AvgIpc) is 2.65. The van der Waals surface area contributed by atoms with Crippen LogP contribution < -0.4 is 0 Å². The van der Waals surface area contributed by atoms with Crippen LogP contribution in [0.4, 0.5) is 0 Å². The van der Waals surface area contributed by atoms with Gasteiger partial charge in [0.2, 0.25) is 15.9 Å². The summed E-state index contributed by atoms with van der Waals surface area (Å²) in [5, 5.41) is 9.90. The van der Waals surface area contributed by atoms with E-state index in [-0.39, 0.29) is 30.2 Å². The second-order valence-corrected chi connectivity index (χ2v) is 9.03. The van der Waals surface area contributed by atoms with Crippen LogP contribution in [0, 0.1) is 0 Å². The van der Waals surface area contributed by atoms with Crippen molar-refractivity contribution in [3.8, 4) is 0 Å². The lowest BCUT2D eigenvalue weighted by molar-refractivity contribution is -0.131. The summed E-state index contributed by atoms with van der Waals surface area (Å²) in [5.74, 6) is -0.208. The Morgan fingerprint density at radius 2 is 1.85 bits per heavy atom. The van der Waals surface area contributed by atoms with Crippen LogP contribution in [-0.2, 0) is 14.8 Å². The Bertz CT molecular complexity index is 774. The lowest BCUT2D eigenvalue weighted by Gasteiger charge is -2.54. The number of rotatable bonds is 8. The number of amides is 1. The molecule has 1 amide bonds. The van der Waals surface area contributed by atoms with Crippen molar-refractivity contribution in [1.82, 2.24) is 9.21 Å². The molecule has 0 spiro atoms. The molecule has 0 bridgehead atoms. The maximum atomic E-state index is 12.6. The third kappa shape index (κ3) is 4.42. The van der Waals surface area contributed by atoms with Crippen molar-refractivity contribution in [2.24, 2.45) is 0 Å². The molecule has 6 nitrogen and oxygen atoms in total. The highest BCUT2D eigenvalue weighted by Crippen LogP contribution is 2.43. The Morgan fingerprint density at radius 1 is 1.22 bits per heavy atom. The molecule has 27 heavy (non-hydrogen) atoms. The first-order valence-corrected chi connectivity index (χ1v) is 11.0. The summed E-state index contributed by atoms with van der Waals surface area (Å²) < 4.78 is 26.6. The summed E-state index contributed by atoms with van der Waals surface area (Å²) in [6.07, 6.45) is 4.32. The van der Waals surface area contributed by atoms with Gasteiger partial charge >= 0.3 is 0 Å². The van der Waals surface area contributed by atoms with Crippen LogP contribution in [0.1, 0.15) is 44.2 Å². The molecule has 7 heteroatoms. The molecule has 1 fully saturated rings. The Hall–Kier alpha value is -1.70. The van der Waals surface area contributed by atoms with Gasteiger partial charge in [0.25, 0.3) is 0 Å². The number of likely N-dealkylation sites (N-methyl/N-ethyl adjacent to an activating group) is 1. The van der Waals surface area contributed by atoms with Crippen LogP contribution in [-0.4, -0.2) is 66.7 Å². The molecule has 1 N–H and O–H groups in total. The molecule has 0 aromatic heterocycles. The number of sulfonamides is 1. The minimum Gasteiger partial charge on any atom is -0.395 e. The van der Waals surface area contributed by atoms with Gasteiger partial charge in [-0.25, -0.2) is 8.42 Å². The first-order chi connectivity index (χ1) is 12.8. The Labute approximate surface area is 162 Å². The number of carbonyl (C=O) groups is 1. The number of hydrogen-bond donors (Lipinski definition) is 1. The minimum absolute atomic E-state index is 0.0292. The van der Waals surface area contributed by atoms with Crippen LogP contribution in [0.2, 0.25) is 0 Å². The fourth-order valence-corrected chi connectivity index (χ4v) is 5.30. The van der Waals surface area contributed by atoms with Crippen LogP contribution in [0.3, 0.4) is 0 Å². The predicted octanol–water partition coefficient (Wildman–Crippen LogP) is 2.07. The van der Waals surface area contributed by atoms with Crippen LogP contribution in [0.25, 0.3) is 6.08 Å². The predicted molar refractivity (Wildman–Crippen MR) is 108 cm³/mol. The number of benzene rings is 1. The molecule has 1 aromatic carbocycles. The van der Waals surface area contributed by atoms with Gasteiger partial charge in [0.15, 0.2) is 0 Å². The zero-order valence-electron chi connectivity index (χ0n) is 16.5. The van der Waals surface area contributed by atoms with E-state index in [0.29, 0.717) is 13.0 Å². The molecule has 1 aliphatic rings. The molecule has 1 aromatic rings. The number of nitrogens with zero attached hydrogens (tertiary/aromatic N) is 2. The summed E-state index contributed by atoms with van der Waals surface area (Å²) in [7, 11) is -1.79. The fourth-order valence-electron chi connectivity index (χ4n) is 3.79. The highest BCUT2D eigenvalue weighted by molar-refractivity contribution is 7.89. The number of hydrogen-bond acceptors (Lipinski definition) is 4. The van der Waals surface area contributed by atoms with Crippen molar-refractivity contribution < 1.29 is 18.3 Å². The molecular weight excluding hydrogens is 364 g/mol. The third-order valence-corrected chi connectivity index (χ3v) is 7.14. The topological polar surface area (TPSA) is 77.9 Å². The van der Waals surface area contributed by atoms with Crippen molar-refractivity contribution >= 4 is 22.0 Å². The Morgan fingerprint density at radius 3 is 2.33 bits per heavy atom. The highest BCUT2D eigenvalue weighted by Gasteiger charge is 2.54. The smallest absolute Gasteiger partial charge is 0.222 e. The van der Waals surface area contributed by atoms with E-state index < -0.39 is 16.1 Å². The molecule has 0 aliphatic carbocycles. The molecule has 0 radical (unpaired) electrons. The second-order valence-electron chi connectivity index (χ2n) is 6.87. The van der Waals surface area contributed by atoms with Gasteiger partial charge in [0.1, 0.15) is 0 Å². The molecule has 0 saturated carbocycles. The summed E-state index contributed by atoms with van der Waals surface area (Å²) >= 11 is 0. The maximum Gasteiger partial charge on any atom is 0.222 e. The van der Waals surface area contributed by atoms with E-state index in [1.165, 1.54) is 4.31 Å². The molecule has 1 heterocycles. The van der Waals surface area contributed by atoms with Crippen molar-refractivity contribution in [1.29, 1.82) is 0 Å². The molecule has 150 valence electrons. The van der Waals surface area contributed by atoms with Crippen LogP contribution >= 0.6 is 0 Å². The zero-order chi connectivity index (χ0) is 20.2. The number of aliphatic hydroxyl groups is 1. The van der Waals surface area contributed by atoms with Crippen LogP contribution in [0.15, 0.2) is 30.3 Å². The first-order valence-electron chi connectivity index (χ1n) is 9.39. The molecule has 1 saturated heterocycles. The van der Waals surface area contributed by atoms with E-state index in [1.54, 1.807) is 25.8 Å². The molecule has 2 rings (SSSR count). The van der Waals surface area contributed by atoms with Gasteiger partial charge in [0.05, 0.1) is 24.4 Å². The number of allylic oxidation sites excluding steroid dienone is 1. The van der Waals surface area contributed by atoms with E-state index in [9.17, 15) is 18.3 Å². The molecular formula is C20H30N2O4S. The summed E-state index contributed by atoms with van der Waals surface area (Å²) in [6.45, 7) is 5.40. The summed E-state index contributed by atoms with van der Waals surface area (Å²) in [4.78, 5) is 13.6. The molecule has 0 unspecified atom stereocenters. The summed E-state index contributed by atoms with van der Waals surface area (Å²) in [6, 6.07) is 7.05.